The number of hydrogen-bond donors (Lipinski definition) is 2. The van der Waals surface area contributed by atoms with Gasteiger partial charge in [0, 0.05) is 12.8 Å². The van der Waals surface area contributed by atoms with E-state index in [1.54, 1.807) is 0 Å². The standard InChI is InChI=1S/C34H32N2O6/c37-31(35-29(21-25-13-5-1-6-14-25)33(39)41-23-27-17-9-3-10-18-27)32(38)36-30(22-26-15-7-2-8-16-26)34(40)42-24-28-19-11-4-12-20-28/h1-20,29-30H,21-24H2,(H,35,37)(H,36,38)/t29-,30-/m0/s1. The van der Waals surface area contributed by atoms with Crippen molar-refractivity contribution in [2.45, 2.75) is 38.1 Å². The topological polar surface area (TPSA) is 111 Å². The van der Waals surface area contributed by atoms with E-state index < -0.39 is 35.8 Å². The summed E-state index contributed by atoms with van der Waals surface area (Å²) in [6.45, 7) is 0.0267. The van der Waals surface area contributed by atoms with Crippen molar-refractivity contribution in [1.29, 1.82) is 0 Å². The lowest BCUT2D eigenvalue weighted by Gasteiger charge is -2.20. The highest BCUT2D eigenvalue weighted by atomic mass is 16.5. The van der Waals surface area contributed by atoms with E-state index in [2.05, 4.69) is 10.6 Å². The van der Waals surface area contributed by atoms with E-state index in [1.165, 1.54) is 0 Å². The molecule has 0 spiro atoms. The summed E-state index contributed by atoms with van der Waals surface area (Å²) in [5, 5.41) is 4.98. The second-order valence-electron chi connectivity index (χ2n) is 9.62. The highest BCUT2D eigenvalue weighted by Crippen LogP contribution is 2.10. The predicted molar refractivity (Wildman–Crippen MR) is 157 cm³/mol. The average molecular weight is 565 g/mol. The molecule has 2 amide bonds. The van der Waals surface area contributed by atoms with Crippen LogP contribution in [0.1, 0.15) is 22.3 Å². The van der Waals surface area contributed by atoms with Crippen LogP contribution in [-0.2, 0) is 54.7 Å². The first-order chi connectivity index (χ1) is 20.5. The molecule has 0 aliphatic rings. The summed E-state index contributed by atoms with van der Waals surface area (Å²) in [6.07, 6.45) is 0.222. The summed E-state index contributed by atoms with van der Waals surface area (Å²) < 4.78 is 10.9. The van der Waals surface area contributed by atoms with Crippen LogP contribution in [-0.4, -0.2) is 35.8 Å². The van der Waals surface area contributed by atoms with Crippen molar-refractivity contribution in [3.8, 4) is 0 Å². The van der Waals surface area contributed by atoms with E-state index in [0.717, 1.165) is 22.3 Å². The van der Waals surface area contributed by atoms with Gasteiger partial charge in [0.1, 0.15) is 25.3 Å². The summed E-state index contributed by atoms with van der Waals surface area (Å²) in [4.78, 5) is 52.1. The highest BCUT2D eigenvalue weighted by Gasteiger charge is 2.30. The third-order valence-corrected chi connectivity index (χ3v) is 6.40. The molecule has 2 atom stereocenters. The number of hydrogen-bond acceptors (Lipinski definition) is 6. The number of carbonyl (C=O) groups is 4. The molecule has 8 nitrogen and oxygen atoms in total. The Bertz CT molecular complexity index is 1330. The first-order valence-electron chi connectivity index (χ1n) is 13.6. The first kappa shape index (κ1) is 29.7. The van der Waals surface area contributed by atoms with Gasteiger partial charge in [-0.05, 0) is 22.3 Å². The van der Waals surface area contributed by atoms with Crippen molar-refractivity contribution < 1.29 is 28.7 Å². The molecule has 2 N–H and O–H groups in total. The molecule has 214 valence electrons. The maximum atomic E-state index is 13.0. The van der Waals surface area contributed by atoms with E-state index in [-0.39, 0.29) is 26.1 Å². The summed E-state index contributed by atoms with van der Waals surface area (Å²) in [5.41, 5.74) is 3.11. The molecule has 42 heavy (non-hydrogen) atoms. The Morgan fingerprint density at radius 1 is 0.452 bits per heavy atom. The summed E-state index contributed by atoms with van der Waals surface area (Å²) in [7, 11) is 0. The molecule has 0 aliphatic heterocycles. The second kappa shape index (κ2) is 15.5. The lowest BCUT2D eigenvalue weighted by Crippen LogP contribution is -2.53. The molecule has 0 saturated heterocycles. The normalized spacial score (nSPS) is 11.9. The predicted octanol–water partition coefficient (Wildman–Crippen LogP) is 3.93. The second-order valence-corrected chi connectivity index (χ2v) is 9.62. The molecule has 0 aliphatic carbocycles. The van der Waals surface area contributed by atoms with Gasteiger partial charge in [0.2, 0.25) is 0 Å². The Kier molecular flexibility index (Phi) is 11.0. The van der Waals surface area contributed by atoms with Gasteiger partial charge in [-0.25, -0.2) is 9.59 Å². The zero-order chi connectivity index (χ0) is 29.6. The fourth-order valence-electron chi connectivity index (χ4n) is 4.19. The molecule has 0 aromatic heterocycles. The molecule has 0 saturated carbocycles. The number of esters is 2. The van der Waals surface area contributed by atoms with Crippen LogP contribution in [0.15, 0.2) is 121 Å². The fourth-order valence-corrected chi connectivity index (χ4v) is 4.19. The summed E-state index contributed by atoms with van der Waals surface area (Å²) >= 11 is 0. The third kappa shape index (κ3) is 9.45. The van der Waals surface area contributed by atoms with Gasteiger partial charge in [-0.2, -0.15) is 0 Å². The van der Waals surface area contributed by atoms with Crippen LogP contribution in [0.4, 0.5) is 0 Å². The van der Waals surface area contributed by atoms with Crippen LogP contribution >= 0.6 is 0 Å². The number of amides is 2. The summed E-state index contributed by atoms with van der Waals surface area (Å²) in [5.74, 6) is -3.51. The lowest BCUT2D eigenvalue weighted by molar-refractivity contribution is -0.152. The third-order valence-electron chi connectivity index (χ3n) is 6.40. The molecule has 8 heteroatoms. The van der Waals surface area contributed by atoms with E-state index in [4.69, 9.17) is 9.47 Å². The minimum absolute atomic E-state index is 0.0133. The molecule has 0 bridgehead atoms. The molecule has 4 rings (SSSR count). The van der Waals surface area contributed by atoms with E-state index >= 15 is 0 Å². The maximum Gasteiger partial charge on any atom is 0.329 e. The molecular formula is C34H32N2O6. The van der Waals surface area contributed by atoms with Crippen molar-refractivity contribution in [2.75, 3.05) is 0 Å². The summed E-state index contributed by atoms with van der Waals surface area (Å²) in [6, 6.07) is 34.2. The fraction of sp³-hybridized carbons (Fsp3) is 0.176. The zero-order valence-electron chi connectivity index (χ0n) is 23.0. The van der Waals surface area contributed by atoms with Gasteiger partial charge in [-0.15, -0.1) is 0 Å². The molecule has 0 fully saturated rings. The number of carbonyl (C=O) groups excluding carboxylic acids is 4. The SMILES string of the molecule is O=C(N[C@@H](Cc1ccccc1)C(=O)OCc1ccccc1)C(=O)N[C@@H](Cc1ccccc1)C(=O)OCc1ccccc1. The van der Waals surface area contributed by atoms with Crippen molar-refractivity contribution in [3.63, 3.8) is 0 Å². The molecule has 0 radical (unpaired) electrons. The zero-order valence-corrected chi connectivity index (χ0v) is 23.0. The molecule has 4 aromatic carbocycles. The van der Waals surface area contributed by atoms with Crippen LogP contribution in [0.2, 0.25) is 0 Å². The highest BCUT2D eigenvalue weighted by molar-refractivity contribution is 6.35. The molecular weight excluding hydrogens is 532 g/mol. The van der Waals surface area contributed by atoms with Crippen LogP contribution in [0.5, 0.6) is 0 Å². The number of nitrogens with one attached hydrogen (secondary N) is 2. The Labute approximate surface area is 244 Å². The van der Waals surface area contributed by atoms with Crippen LogP contribution in [0.3, 0.4) is 0 Å². The quantitative estimate of drug-likeness (QED) is 0.199. The maximum absolute atomic E-state index is 13.0. The minimum atomic E-state index is -1.13. The Morgan fingerprint density at radius 2 is 0.738 bits per heavy atom. The Hall–Kier alpha value is -5.24. The van der Waals surface area contributed by atoms with Gasteiger partial charge in [-0.1, -0.05) is 121 Å². The minimum Gasteiger partial charge on any atom is -0.459 e. The van der Waals surface area contributed by atoms with Crippen molar-refractivity contribution >= 4 is 23.8 Å². The Morgan fingerprint density at radius 3 is 1.05 bits per heavy atom. The van der Waals surface area contributed by atoms with Gasteiger partial charge >= 0.3 is 23.8 Å². The smallest absolute Gasteiger partial charge is 0.329 e. The van der Waals surface area contributed by atoms with Crippen molar-refractivity contribution in [3.05, 3.63) is 144 Å². The largest absolute Gasteiger partial charge is 0.459 e. The van der Waals surface area contributed by atoms with Crippen LogP contribution < -0.4 is 10.6 Å². The van der Waals surface area contributed by atoms with E-state index in [9.17, 15) is 19.2 Å². The van der Waals surface area contributed by atoms with Crippen LogP contribution in [0.25, 0.3) is 0 Å². The molecule has 0 unspecified atom stereocenters. The number of benzene rings is 4. The van der Waals surface area contributed by atoms with E-state index in [0.29, 0.717) is 0 Å². The van der Waals surface area contributed by atoms with Gasteiger partial charge in [0.05, 0.1) is 0 Å². The van der Waals surface area contributed by atoms with Crippen molar-refractivity contribution in [1.82, 2.24) is 10.6 Å². The van der Waals surface area contributed by atoms with Crippen molar-refractivity contribution in [2.24, 2.45) is 0 Å². The van der Waals surface area contributed by atoms with Crippen LogP contribution in [0, 0.1) is 0 Å². The van der Waals surface area contributed by atoms with Gasteiger partial charge in [0.25, 0.3) is 0 Å². The monoisotopic (exact) mass is 564 g/mol. The lowest BCUT2D eigenvalue weighted by atomic mass is 10.1. The number of rotatable bonds is 12. The Balaban J connectivity index is 1.43. The van der Waals surface area contributed by atoms with Gasteiger partial charge in [0.15, 0.2) is 0 Å². The van der Waals surface area contributed by atoms with Gasteiger partial charge < -0.3 is 20.1 Å². The van der Waals surface area contributed by atoms with Gasteiger partial charge in [-0.3, -0.25) is 9.59 Å². The molecule has 4 aromatic rings. The number of ether oxygens (including phenoxy) is 2. The first-order valence-corrected chi connectivity index (χ1v) is 13.6. The average Bonchev–Trinajstić information content (AvgIpc) is 3.03. The molecule has 0 heterocycles. The van der Waals surface area contributed by atoms with E-state index in [1.807, 2.05) is 121 Å².